The molecule has 0 bridgehead atoms. The van der Waals surface area contributed by atoms with E-state index >= 15 is 0 Å². The van der Waals surface area contributed by atoms with E-state index in [2.05, 4.69) is 4.98 Å². The van der Waals surface area contributed by atoms with Gasteiger partial charge in [0, 0.05) is 25.0 Å². The van der Waals surface area contributed by atoms with Crippen molar-refractivity contribution in [2.45, 2.75) is 12.6 Å². The molecule has 1 atom stereocenters. The molecule has 1 aliphatic heterocycles. The number of aliphatic hydroxyl groups excluding tert-OH is 1. The molecule has 4 rings (SSSR count). The summed E-state index contributed by atoms with van der Waals surface area (Å²) in [5.74, 6) is -1.06. The number of methoxy groups -OCH3 is 2. The van der Waals surface area contributed by atoms with Crippen molar-refractivity contribution >= 4 is 17.4 Å². The Hall–Kier alpha value is -4.33. The molecule has 1 unspecified atom stereocenters. The maximum atomic E-state index is 13.2. The Morgan fingerprint density at radius 2 is 1.70 bits per heavy atom. The molecule has 8 heteroatoms. The number of likely N-dealkylation sites (tertiary alicyclic amines) is 1. The van der Waals surface area contributed by atoms with Gasteiger partial charge in [-0.05, 0) is 47.5 Å². The molecule has 0 saturated carbocycles. The highest BCUT2D eigenvalue weighted by molar-refractivity contribution is 6.46. The number of phenols is 1. The molecule has 2 aromatic carbocycles. The number of hydrogen-bond donors (Lipinski definition) is 2. The van der Waals surface area contributed by atoms with Gasteiger partial charge in [-0.2, -0.15) is 0 Å². The van der Waals surface area contributed by atoms with Crippen LogP contribution in [0.4, 0.5) is 0 Å². The Morgan fingerprint density at radius 1 is 1.00 bits per heavy atom. The first-order valence-electron chi connectivity index (χ1n) is 10.1. The number of rotatable bonds is 6. The Kier molecular flexibility index (Phi) is 5.99. The second-order valence-electron chi connectivity index (χ2n) is 7.44. The van der Waals surface area contributed by atoms with Gasteiger partial charge in [0.05, 0.1) is 31.4 Å². The predicted molar refractivity (Wildman–Crippen MR) is 120 cm³/mol. The molecule has 33 heavy (non-hydrogen) atoms. The molecule has 8 nitrogen and oxygen atoms in total. The number of nitrogens with zero attached hydrogens (tertiary/aromatic N) is 2. The lowest BCUT2D eigenvalue weighted by Crippen LogP contribution is -2.29. The first-order chi connectivity index (χ1) is 15.9. The van der Waals surface area contributed by atoms with E-state index < -0.39 is 17.7 Å². The van der Waals surface area contributed by atoms with Crippen LogP contribution in [-0.2, 0) is 16.1 Å². The van der Waals surface area contributed by atoms with Crippen LogP contribution in [0.3, 0.4) is 0 Å². The summed E-state index contributed by atoms with van der Waals surface area (Å²) in [6, 6.07) is 13.6. The van der Waals surface area contributed by atoms with Crippen LogP contribution in [0, 0.1) is 0 Å². The standard InChI is InChI=1S/C25H22N2O6/c1-32-18-7-8-19(20(13-18)33-2)23(29)21-22(16-3-5-17(28)6-4-16)27(25(31)24(21)30)14-15-9-11-26-12-10-15/h3-13,22,28-29H,14H2,1-2H3/b23-21-. The van der Waals surface area contributed by atoms with Crippen LogP contribution in [0.25, 0.3) is 5.76 Å². The predicted octanol–water partition coefficient (Wildman–Crippen LogP) is 3.43. The number of aromatic hydroxyl groups is 1. The fourth-order valence-electron chi connectivity index (χ4n) is 3.87. The van der Waals surface area contributed by atoms with E-state index in [0.717, 1.165) is 5.56 Å². The number of hydrogen-bond acceptors (Lipinski definition) is 7. The van der Waals surface area contributed by atoms with Gasteiger partial charge < -0.3 is 24.6 Å². The topological polar surface area (TPSA) is 109 Å². The zero-order valence-corrected chi connectivity index (χ0v) is 18.1. The van der Waals surface area contributed by atoms with E-state index in [1.54, 1.807) is 54.9 Å². The molecule has 1 amide bonds. The number of ketones is 1. The molecule has 1 saturated heterocycles. The van der Waals surface area contributed by atoms with Crippen LogP contribution in [0.2, 0.25) is 0 Å². The van der Waals surface area contributed by atoms with Crippen molar-refractivity contribution in [3.63, 3.8) is 0 Å². The van der Waals surface area contributed by atoms with Gasteiger partial charge in [0.15, 0.2) is 0 Å². The minimum Gasteiger partial charge on any atom is -0.508 e. The molecule has 0 aliphatic carbocycles. The van der Waals surface area contributed by atoms with E-state index in [1.807, 2.05) is 0 Å². The smallest absolute Gasteiger partial charge is 0.295 e. The Morgan fingerprint density at radius 3 is 2.33 bits per heavy atom. The molecule has 0 spiro atoms. The third-order valence-corrected chi connectivity index (χ3v) is 5.51. The van der Waals surface area contributed by atoms with Crippen molar-refractivity contribution in [1.82, 2.24) is 9.88 Å². The monoisotopic (exact) mass is 446 g/mol. The van der Waals surface area contributed by atoms with E-state index in [4.69, 9.17) is 9.47 Å². The second-order valence-corrected chi connectivity index (χ2v) is 7.44. The molecule has 1 fully saturated rings. The van der Waals surface area contributed by atoms with Gasteiger partial charge in [-0.25, -0.2) is 0 Å². The van der Waals surface area contributed by atoms with Crippen molar-refractivity contribution < 1.29 is 29.3 Å². The van der Waals surface area contributed by atoms with Gasteiger partial charge in [-0.15, -0.1) is 0 Å². The first kappa shape index (κ1) is 21.9. The van der Waals surface area contributed by atoms with E-state index in [0.29, 0.717) is 11.3 Å². The van der Waals surface area contributed by atoms with Crippen LogP contribution >= 0.6 is 0 Å². The zero-order valence-electron chi connectivity index (χ0n) is 18.1. The van der Waals surface area contributed by atoms with Crippen molar-refractivity contribution in [1.29, 1.82) is 0 Å². The van der Waals surface area contributed by atoms with E-state index in [1.165, 1.54) is 31.3 Å². The summed E-state index contributed by atoms with van der Waals surface area (Å²) < 4.78 is 10.6. The maximum Gasteiger partial charge on any atom is 0.295 e. The number of ether oxygens (including phenoxy) is 2. The van der Waals surface area contributed by atoms with Crippen molar-refractivity contribution in [2.24, 2.45) is 0 Å². The number of amides is 1. The highest BCUT2D eigenvalue weighted by Crippen LogP contribution is 2.42. The molecule has 2 heterocycles. The Labute approximate surface area is 190 Å². The average molecular weight is 446 g/mol. The van der Waals surface area contributed by atoms with Crippen molar-refractivity contribution in [3.8, 4) is 17.2 Å². The molecule has 3 aromatic rings. The quantitative estimate of drug-likeness (QED) is 0.339. The number of carbonyl (C=O) groups is 2. The fraction of sp³-hybridized carbons (Fsp3) is 0.160. The lowest BCUT2D eigenvalue weighted by atomic mass is 9.94. The van der Waals surface area contributed by atoms with Crippen LogP contribution in [0.15, 0.2) is 72.6 Å². The highest BCUT2D eigenvalue weighted by Gasteiger charge is 2.46. The second kappa shape index (κ2) is 9.04. The summed E-state index contributed by atoms with van der Waals surface area (Å²) in [6.07, 6.45) is 3.20. The summed E-state index contributed by atoms with van der Waals surface area (Å²) in [4.78, 5) is 31.6. The third-order valence-electron chi connectivity index (χ3n) is 5.51. The van der Waals surface area contributed by atoms with E-state index in [-0.39, 0.29) is 34.9 Å². The molecule has 168 valence electrons. The summed E-state index contributed by atoms with van der Waals surface area (Å²) in [5, 5.41) is 21.0. The van der Waals surface area contributed by atoms with Gasteiger partial charge in [0.25, 0.3) is 11.7 Å². The molecule has 0 radical (unpaired) electrons. The Bertz CT molecular complexity index is 1220. The first-order valence-corrected chi connectivity index (χ1v) is 10.1. The average Bonchev–Trinajstić information content (AvgIpc) is 3.09. The summed E-state index contributed by atoms with van der Waals surface area (Å²) in [6.45, 7) is 0.134. The molecular formula is C25H22N2O6. The number of aromatic nitrogens is 1. The van der Waals surface area contributed by atoms with Crippen LogP contribution in [0.5, 0.6) is 17.2 Å². The Balaban J connectivity index is 1.89. The number of phenolic OH excluding ortho intramolecular Hbond substituents is 1. The minimum atomic E-state index is -0.870. The van der Waals surface area contributed by atoms with Crippen LogP contribution in [-0.4, -0.2) is 46.0 Å². The lowest BCUT2D eigenvalue weighted by molar-refractivity contribution is -0.140. The third kappa shape index (κ3) is 4.10. The minimum absolute atomic E-state index is 0.0432. The number of benzene rings is 2. The van der Waals surface area contributed by atoms with Gasteiger partial charge in [-0.3, -0.25) is 14.6 Å². The summed E-state index contributed by atoms with van der Waals surface area (Å²) in [7, 11) is 2.94. The molecule has 1 aromatic heterocycles. The SMILES string of the molecule is COc1ccc(/C(O)=C2/C(=O)C(=O)N(Cc3ccncc3)C2c2ccc(O)cc2)c(OC)c1. The summed E-state index contributed by atoms with van der Waals surface area (Å²) in [5.41, 5.74) is 1.53. The molecule has 2 N–H and O–H groups in total. The van der Waals surface area contributed by atoms with Gasteiger partial charge in [0.1, 0.15) is 23.0 Å². The number of pyridine rings is 1. The summed E-state index contributed by atoms with van der Waals surface area (Å²) >= 11 is 0. The highest BCUT2D eigenvalue weighted by atomic mass is 16.5. The molecular weight excluding hydrogens is 424 g/mol. The van der Waals surface area contributed by atoms with Crippen molar-refractivity contribution in [2.75, 3.05) is 14.2 Å². The maximum absolute atomic E-state index is 13.2. The largest absolute Gasteiger partial charge is 0.508 e. The molecule has 1 aliphatic rings. The zero-order chi connectivity index (χ0) is 23.5. The lowest BCUT2D eigenvalue weighted by Gasteiger charge is -2.25. The van der Waals surface area contributed by atoms with E-state index in [9.17, 15) is 19.8 Å². The van der Waals surface area contributed by atoms with Gasteiger partial charge >= 0.3 is 0 Å². The number of carbonyl (C=O) groups excluding carboxylic acids is 2. The number of Topliss-reactive ketones (excluding diaryl/α,β-unsaturated/α-hetero) is 1. The van der Waals surface area contributed by atoms with Crippen molar-refractivity contribution in [3.05, 3.63) is 89.3 Å². The fourth-order valence-corrected chi connectivity index (χ4v) is 3.87. The van der Waals surface area contributed by atoms with Crippen LogP contribution in [0.1, 0.15) is 22.7 Å². The normalized spacial score (nSPS) is 17.3. The number of aliphatic hydroxyl groups is 1. The van der Waals surface area contributed by atoms with Crippen LogP contribution < -0.4 is 9.47 Å². The van der Waals surface area contributed by atoms with Gasteiger partial charge in [0.2, 0.25) is 0 Å². The van der Waals surface area contributed by atoms with Gasteiger partial charge in [-0.1, -0.05) is 12.1 Å².